The van der Waals surface area contributed by atoms with Gasteiger partial charge in [0.05, 0.1) is 0 Å². The monoisotopic (exact) mass is 340 g/mol. The number of nitrogens with zero attached hydrogens (tertiary/aromatic N) is 2. The third kappa shape index (κ3) is 10.7. The van der Waals surface area contributed by atoms with E-state index in [1.165, 1.54) is 0 Å². The van der Waals surface area contributed by atoms with Gasteiger partial charge in [-0.05, 0) is 23.7 Å². The number of amides is 2. The van der Waals surface area contributed by atoms with Crippen molar-refractivity contribution in [1.82, 2.24) is 9.80 Å². The van der Waals surface area contributed by atoms with Crippen LogP contribution in [0, 0.1) is 23.7 Å². The molecule has 0 radical (unpaired) electrons. The first-order valence-corrected chi connectivity index (χ1v) is 9.58. The second-order valence-electron chi connectivity index (χ2n) is 8.67. The second kappa shape index (κ2) is 11.5. The largest absolute Gasteiger partial charge is 0.342 e. The minimum absolute atomic E-state index is 0.111. The maximum absolute atomic E-state index is 12.5. The summed E-state index contributed by atoms with van der Waals surface area (Å²) in [6.07, 6.45) is 0.649. The summed E-state index contributed by atoms with van der Waals surface area (Å²) in [5.74, 6) is 2.01. The van der Waals surface area contributed by atoms with Gasteiger partial charge in [-0.3, -0.25) is 9.59 Å². The van der Waals surface area contributed by atoms with Gasteiger partial charge in [0, 0.05) is 39.0 Å². The Balaban J connectivity index is 4.67. The third-order valence-electron chi connectivity index (χ3n) is 3.60. The number of hydrogen-bond donors (Lipinski definition) is 0. The summed E-state index contributed by atoms with van der Waals surface area (Å²) in [5.41, 5.74) is 0. The van der Waals surface area contributed by atoms with Crippen molar-refractivity contribution in [1.29, 1.82) is 0 Å². The predicted molar refractivity (Wildman–Crippen MR) is 102 cm³/mol. The first-order chi connectivity index (χ1) is 11.0. The third-order valence-corrected chi connectivity index (χ3v) is 3.60. The summed E-state index contributed by atoms with van der Waals surface area (Å²) in [4.78, 5) is 28.9. The molecule has 0 aromatic heterocycles. The van der Waals surface area contributed by atoms with Gasteiger partial charge >= 0.3 is 0 Å². The van der Waals surface area contributed by atoms with E-state index < -0.39 is 0 Å². The molecule has 0 rings (SSSR count). The summed E-state index contributed by atoms with van der Waals surface area (Å²) >= 11 is 0. The summed E-state index contributed by atoms with van der Waals surface area (Å²) in [6.45, 7) is 20.1. The number of hydrogen-bond acceptors (Lipinski definition) is 2. The average Bonchev–Trinajstić information content (AvgIpc) is 2.40. The zero-order valence-electron chi connectivity index (χ0n) is 17.3. The predicted octanol–water partition coefficient (Wildman–Crippen LogP) is 4.05. The van der Waals surface area contributed by atoms with Gasteiger partial charge in [-0.15, -0.1) is 0 Å². The summed E-state index contributed by atoms with van der Waals surface area (Å²) in [7, 11) is 0. The van der Waals surface area contributed by atoms with E-state index in [1.54, 1.807) is 0 Å². The first kappa shape index (κ1) is 22.9. The number of carbonyl (C=O) groups is 2. The highest BCUT2D eigenvalue weighted by Crippen LogP contribution is 2.11. The van der Waals surface area contributed by atoms with Crippen LogP contribution in [0.2, 0.25) is 0 Å². The zero-order chi connectivity index (χ0) is 18.9. The Morgan fingerprint density at radius 3 is 0.917 bits per heavy atom. The zero-order valence-corrected chi connectivity index (χ0v) is 17.3. The Hall–Kier alpha value is -1.06. The van der Waals surface area contributed by atoms with Gasteiger partial charge in [0.1, 0.15) is 0 Å². The van der Waals surface area contributed by atoms with Crippen molar-refractivity contribution >= 4 is 11.8 Å². The van der Waals surface area contributed by atoms with Crippen LogP contribution in [0.25, 0.3) is 0 Å². The highest BCUT2D eigenvalue weighted by atomic mass is 16.2. The van der Waals surface area contributed by atoms with Crippen molar-refractivity contribution < 1.29 is 9.59 Å². The quantitative estimate of drug-likeness (QED) is 0.569. The van der Waals surface area contributed by atoms with Gasteiger partial charge in [0.2, 0.25) is 11.8 Å². The molecular formula is C20H40N2O2. The molecular weight excluding hydrogens is 300 g/mol. The van der Waals surface area contributed by atoms with Gasteiger partial charge in [-0.1, -0.05) is 55.4 Å². The first-order valence-electron chi connectivity index (χ1n) is 9.58. The van der Waals surface area contributed by atoms with E-state index in [1.807, 2.05) is 9.80 Å². The highest BCUT2D eigenvalue weighted by molar-refractivity contribution is 5.83. The molecule has 0 saturated heterocycles. The van der Waals surface area contributed by atoms with Crippen molar-refractivity contribution in [2.45, 2.75) is 68.2 Å². The second-order valence-corrected chi connectivity index (χ2v) is 8.67. The SMILES string of the molecule is CC(C)CN(CC(C)C)C(=O)CCC(=O)N(CC(C)C)CC(C)C. The van der Waals surface area contributed by atoms with Crippen LogP contribution in [0.5, 0.6) is 0 Å². The fourth-order valence-electron chi connectivity index (χ4n) is 2.85. The lowest BCUT2D eigenvalue weighted by molar-refractivity contribution is -0.138. The molecule has 24 heavy (non-hydrogen) atoms. The van der Waals surface area contributed by atoms with E-state index >= 15 is 0 Å². The molecule has 0 fully saturated rings. The van der Waals surface area contributed by atoms with E-state index in [2.05, 4.69) is 55.4 Å². The van der Waals surface area contributed by atoms with E-state index in [0.717, 1.165) is 26.2 Å². The molecule has 4 heteroatoms. The Bertz CT molecular complexity index is 320. The van der Waals surface area contributed by atoms with Crippen molar-refractivity contribution in [3.8, 4) is 0 Å². The Labute approximate surface area is 150 Å². The van der Waals surface area contributed by atoms with Crippen LogP contribution in [-0.2, 0) is 9.59 Å². The minimum Gasteiger partial charge on any atom is -0.342 e. The molecule has 0 spiro atoms. The van der Waals surface area contributed by atoms with Crippen LogP contribution in [0.3, 0.4) is 0 Å². The molecule has 0 aliphatic heterocycles. The molecule has 4 nitrogen and oxygen atoms in total. The number of rotatable bonds is 11. The van der Waals surface area contributed by atoms with E-state index in [0.29, 0.717) is 36.5 Å². The minimum atomic E-state index is 0.111. The van der Waals surface area contributed by atoms with Crippen molar-refractivity contribution in [3.05, 3.63) is 0 Å². The lowest BCUT2D eigenvalue weighted by Crippen LogP contribution is -2.39. The summed E-state index contributed by atoms with van der Waals surface area (Å²) < 4.78 is 0. The maximum atomic E-state index is 12.5. The fourth-order valence-corrected chi connectivity index (χ4v) is 2.85. The maximum Gasteiger partial charge on any atom is 0.223 e. The topological polar surface area (TPSA) is 40.6 Å². The van der Waals surface area contributed by atoms with Crippen molar-refractivity contribution in [2.24, 2.45) is 23.7 Å². The van der Waals surface area contributed by atoms with Gasteiger partial charge in [0.15, 0.2) is 0 Å². The number of carbonyl (C=O) groups excluding carboxylic acids is 2. The lowest BCUT2D eigenvalue weighted by Gasteiger charge is -2.28. The van der Waals surface area contributed by atoms with Gasteiger partial charge in [0.25, 0.3) is 0 Å². The summed E-state index contributed by atoms with van der Waals surface area (Å²) in [5, 5.41) is 0. The fraction of sp³-hybridized carbons (Fsp3) is 0.900. The Morgan fingerprint density at radius 2 is 0.750 bits per heavy atom. The lowest BCUT2D eigenvalue weighted by atomic mass is 10.1. The molecule has 0 aromatic carbocycles. The highest BCUT2D eigenvalue weighted by Gasteiger charge is 2.20. The average molecular weight is 341 g/mol. The van der Waals surface area contributed by atoms with Crippen LogP contribution < -0.4 is 0 Å². The molecule has 0 atom stereocenters. The van der Waals surface area contributed by atoms with Gasteiger partial charge in [-0.25, -0.2) is 0 Å². The molecule has 0 saturated carbocycles. The van der Waals surface area contributed by atoms with Crippen molar-refractivity contribution in [2.75, 3.05) is 26.2 Å². The van der Waals surface area contributed by atoms with Crippen LogP contribution in [0.4, 0.5) is 0 Å². The van der Waals surface area contributed by atoms with Gasteiger partial charge in [-0.2, -0.15) is 0 Å². The van der Waals surface area contributed by atoms with Crippen LogP contribution in [0.1, 0.15) is 68.2 Å². The molecule has 0 N–H and O–H groups in total. The molecule has 0 aromatic rings. The van der Waals surface area contributed by atoms with E-state index in [4.69, 9.17) is 0 Å². The normalized spacial score (nSPS) is 11.7. The molecule has 0 bridgehead atoms. The molecule has 2 amide bonds. The standard InChI is InChI=1S/C20H40N2O2/c1-15(2)11-21(12-16(3)4)19(23)9-10-20(24)22(13-17(5)6)14-18(7)8/h15-18H,9-14H2,1-8H3. The van der Waals surface area contributed by atoms with Crippen LogP contribution >= 0.6 is 0 Å². The van der Waals surface area contributed by atoms with Crippen LogP contribution in [0.15, 0.2) is 0 Å². The molecule has 0 aliphatic rings. The molecule has 142 valence electrons. The Kier molecular flexibility index (Phi) is 11.0. The van der Waals surface area contributed by atoms with E-state index in [-0.39, 0.29) is 11.8 Å². The van der Waals surface area contributed by atoms with Crippen molar-refractivity contribution in [3.63, 3.8) is 0 Å². The smallest absolute Gasteiger partial charge is 0.223 e. The molecule has 0 aliphatic carbocycles. The molecule has 0 heterocycles. The van der Waals surface area contributed by atoms with E-state index in [9.17, 15) is 9.59 Å². The summed E-state index contributed by atoms with van der Waals surface area (Å²) in [6, 6.07) is 0. The van der Waals surface area contributed by atoms with Crippen LogP contribution in [-0.4, -0.2) is 47.8 Å². The molecule has 0 unspecified atom stereocenters. The Morgan fingerprint density at radius 1 is 0.542 bits per heavy atom. The van der Waals surface area contributed by atoms with Gasteiger partial charge < -0.3 is 9.80 Å².